The Balaban J connectivity index is 1.45. The van der Waals surface area contributed by atoms with Crippen molar-refractivity contribution in [3.63, 3.8) is 0 Å². The van der Waals surface area contributed by atoms with Gasteiger partial charge in [0.15, 0.2) is 11.6 Å². The summed E-state index contributed by atoms with van der Waals surface area (Å²) < 4.78 is 30.3. The number of carboxylic acid groups (broad SMARTS) is 1. The largest absolute Gasteiger partial charge is 0.489 e. The number of rotatable bonds is 6. The minimum atomic E-state index is -1.26. The molecule has 40 heavy (non-hydrogen) atoms. The van der Waals surface area contributed by atoms with E-state index in [9.17, 15) is 9.90 Å². The maximum Gasteiger partial charge on any atom is 0.407 e. The molecule has 4 aromatic rings. The van der Waals surface area contributed by atoms with Gasteiger partial charge in [-0.15, -0.1) is 0 Å². The molecule has 0 radical (unpaired) electrons. The molecule has 0 bridgehead atoms. The van der Waals surface area contributed by atoms with E-state index in [1.165, 1.54) is 11.2 Å². The highest BCUT2D eigenvalue weighted by Crippen LogP contribution is 2.48. The number of fused-ring (bicyclic) bond motifs is 3. The fourth-order valence-electron chi connectivity index (χ4n) is 5.32. The van der Waals surface area contributed by atoms with Crippen molar-refractivity contribution in [3.05, 3.63) is 41.4 Å². The summed E-state index contributed by atoms with van der Waals surface area (Å²) in [6.07, 6.45) is 0.324. The third-order valence-corrected chi connectivity index (χ3v) is 9.52. The second-order valence-electron chi connectivity index (χ2n) is 11.4. The lowest BCUT2D eigenvalue weighted by molar-refractivity contribution is 0.0818. The van der Waals surface area contributed by atoms with Gasteiger partial charge in [-0.05, 0) is 12.1 Å². The van der Waals surface area contributed by atoms with Crippen LogP contribution in [0.4, 0.5) is 15.0 Å². The molecule has 0 spiro atoms. The summed E-state index contributed by atoms with van der Waals surface area (Å²) in [7, 11) is -1.26. The van der Waals surface area contributed by atoms with Crippen LogP contribution in [-0.2, 0) is 11.5 Å². The van der Waals surface area contributed by atoms with Gasteiger partial charge in [0.2, 0.25) is 0 Å². The SMILES string of the molecule is C[Si](C)(C)CCOCn1nc(-c2c(Cl)c3c4c(ncnc4c2F)N2CCN(C(=O)O)C[C@H]2CO3)c2ccccc21. The number of halogens is 2. The van der Waals surface area contributed by atoms with Gasteiger partial charge >= 0.3 is 6.09 Å². The van der Waals surface area contributed by atoms with E-state index in [4.69, 9.17) is 26.2 Å². The van der Waals surface area contributed by atoms with Crippen LogP contribution in [-0.4, -0.2) is 82.8 Å². The number of hydrogen-bond acceptors (Lipinski definition) is 7. The van der Waals surface area contributed by atoms with Gasteiger partial charge in [-0.1, -0.05) is 49.4 Å². The molecule has 1 amide bonds. The van der Waals surface area contributed by atoms with E-state index in [1.54, 1.807) is 4.68 Å². The van der Waals surface area contributed by atoms with Crippen LogP contribution in [0.5, 0.6) is 5.75 Å². The van der Waals surface area contributed by atoms with Crippen molar-refractivity contribution in [1.29, 1.82) is 0 Å². The molecule has 2 aromatic heterocycles. The molecule has 4 heterocycles. The first-order chi connectivity index (χ1) is 19.1. The van der Waals surface area contributed by atoms with E-state index >= 15 is 4.39 Å². The summed E-state index contributed by atoms with van der Waals surface area (Å²) in [5.41, 5.74) is 1.33. The predicted octanol–water partition coefficient (Wildman–Crippen LogP) is 5.31. The average Bonchev–Trinajstić information content (AvgIpc) is 3.18. The van der Waals surface area contributed by atoms with Crippen molar-refractivity contribution in [3.8, 4) is 17.0 Å². The number of carbonyl (C=O) groups is 1. The molecule has 1 N–H and O–H groups in total. The molecule has 10 nitrogen and oxygen atoms in total. The highest BCUT2D eigenvalue weighted by atomic mass is 35.5. The molecule has 2 aliphatic rings. The standard InChI is InChI=1S/C27H30ClFN6O4Si/c1-40(2,3)11-10-38-15-35-18-7-5-4-6-17(18)23(32-35)19-21(28)25-20-24(22(19)29)30-14-31-26(20)34-9-8-33(27(36)37)12-16(34)13-39-25/h4-7,14,16H,8-13,15H2,1-3H3,(H,36,37)/t16-/m0/s1. The summed E-state index contributed by atoms with van der Waals surface area (Å²) in [6.45, 7) is 8.80. The van der Waals surface area contributed by atoms with E-state index in [-0.39, 0.29) is 47.8 Å². The molecule has 1 saturated heterocycles. The van der Waals surface area contributed by atoms with Gasteiger partial charge in [-0.25, -0.2) is 23.8 Å². The van der Waals surface area contributed by atoms with Crippen LogP contribution >= 0.6 is 11.6 Å². The fourth-order valence-corrected chi connectivity index (χ4v) is 6.40. The van der Waals surface area contributed by atoms with E-state index in [0.29, 0.717) is 36.6 Å². The second kappa shape index (κ2) is 10.2. The van der Waals surface area contributed by atoms with Gasteiger partial charge < -0.3 is 24.4 Å². The van der Waals surface area contributed by atoms with Crippen LogP contribution in [0.2, 0.25) is 30.7 Å². The zero-order valence-electron chi connectivity index (χ0n) is 22.5. The number of benzene rings is 2. The maximum absolute atomic E-state index is 16.4. The van der Waals surface area contributed by atoms with Crippen LogP contribution in [0.3, 0.4) is 0 Å². The molecule has 0 saturated carbocycles. The molecule has 1 fully saturated rings. The minimum Gasteiger partial charge on any atom is -0.489 e. The van der Waals surface area contributed by atoms with Crippen molar-refractivity contribution in [1.82, 2.24) is 24.6 Å². The lowest BCUT2D eigenvalue weighted by atomic mass is 10.0. The summed E-state index contributed by atoms with van der Waals surface area (Å²) in [6, 6.07) is 8.27. The van der Waals surface area contributed by atoms with E-state index in [1.807, 2.05) is 29.2 Å². The summed E-state index contributed by atoms with van der Waals surface area (Å²) in [5, 5.41) is 15.4. The first kappa shape index (κ1) is 26.7. The molecule has 210 valence electrons. The molecule has 13 heteroatoms. The highest BCUT2D eigenvalue weighted by Gasteiger charge is 2.37. The number of hydrogen-bond donors (Lipinski definition) is 1. The van der Waals surface area contributed by atoms with E-state index in [2.05, 4.69) is 29.6 Å². The van der Waals surface area contributed by atoms with Gasteiger partial charge in [0.05, 0.1) is 27.5 Å². The third kappa shape index (κ3) is 4.63. The third-order valence-electron chi connectivity index (χ3n) is 7.45. The normalized spacial score (nSPS) is 17.2. The van der Waals surface area contributed by atoms with Crippen molar-refractivity contribution >= 4 is 53.4 Å². The Morgan fingerprint density at radius 1 is 1.25 bits per heavy atom. The summed E-state index contributed by atoms with van der Waals surface area (Å²) in [4.78, 5) is 23.7. The molecular formula is C27H30ClFN6O4Si. The number of nitrogens with zero attached hydrogens (tertiary/aromatic N) is 6. The van der Waals surface area contributed by atoms with Gasteiger partial charge in [-0.3, -0.25) is 0 Å². The molecule has 6 rings (SSSR count). The molecule has 0 aliphatic carbocycles. The Hall–Kier alpha value is -3.48. The average molecular weight is 585 g/mol. The number of ether oxygens (including phenoxy) is 2. The Morgan fingerprint density at radius 2 is 2.05 bits per heavy atom. The number of anilines is 1. The first-order valence-electron chi connectivity index (χ1n) is 13.2. The summed E-state index contributed by atoms with van der Waals surface area (Å²) >= 11 is 6.95. The number of amides is 1. The predicted molar refractivity (Wildman–Crippen MR) is 154 cm³/mol. The van der Waals surface area contributed by atoms with Crippen molar-refractivity contribution in [2.45, 2.75) is 38.5 Å². The topological polar surface area (TPSA) is 106 Å². The highest BCUT2D eigenvalue weighted by molar-refractivity contribution is 6.76. The molecule has 2 aliphatic heterocycles. The number of para-hydroxylation sites is 1. The minimum absolute atomic E-state index is 0.0748. The second-order valence-corrected chi connectivity index (χ2v) is 17.4. The fraction of sp³-hybridized carbons (Fsp3) is 0.407. The van der Waals surface area contributed by atoms with Crippen LogP contribution in [0.25, 0.3) is 33.1 Å². The lowest BCUT2D eigenvalue weighted by Crippen LogP contribution is -2.56. The van der Waals surface area contributed by atoms with Crippen molar-refractivity contribution in [2.24, 2.45) is 0 Å². The Bertz CT molecular complexity index is 1630. The molecule has 1 atom stereocenters. The van der Waals surface area contributed by atoms with Gasteiger partial charge in [0, 0.05) is 39.7 Å². The van der Waals surface area contributed by atoms with Crippen molar-refractivity contribution in [2.75, 3.05) is 37.7 Å². The van der Waals surface area contributed by atoms with Gasteiger partial charge in [-0.2, -0.15) is 5.10 Å². The summed E-state index contributed by atoms with van der Waals surface area (Å²) in [5.74, 6) is 0.129. The number of aromatic nitrogens is 4. The molecular weight excluding hydrogens is 555 g/mol. The van der Waals surface area contributed by atoms with Crippen LogP contribution in [0, 0.1) is 5.82 Å². The van der Waals surface area contributed by atoms with Crippen LogP contribution in [0.15, 0.2) is 30.6 Å². The quantitative estimate of drug-likeness (QED) is 0.240. The van der Waals surface area contributed by atoms with Crippen LogP contribution < -0.4 is 9.64 Å². The molecule has 0 unspecified atom stereocenters. The Labute approximate surface area is 236 Å². The molecule has 2 aromatic carbocycles. The number of piperazine rings is 1. The Kier molecular flexibility index (Phi) is 6.79. The smallest absolute Gasteiger partial charge is 0.407 e. The van der Waals surface area contributed by atoms with Gasteiger partial charge in [0.1, 0.15) is 36.7 Å². The maximum atomic E-state index is 16.4. The monoisotopic (exact) mass is 584 g/mol. The first-order valence-corrected chi connectivity index (χ1v) is 17.3. The van der Waals surface area contributed by atoms with Crippen LogP contribution in [0.1, 0.15) is 0 Å². The van der Waals surface area contributed by atoms with Crippen molar-refractivity contribution < 1.29 is 23.8 Å². The lowest BCUT2D eigenvalue weighted by Gasteiger charge is -2.39. The van der Waals surface area contributed by atoms with E-state index in [0.717, 1.165) is 16.9 Å². The zero-order chi connectivity index (χ0) is 28.2. The Morgan fingerprint density at radius 3 is 2.83 bits per heavy atom. The zero-order valence-corrected chi connectivity index (χ0v) is 24.3. The van der Waals surface area contributed by atoms with E-state index < -0.39 is 20.0 Å². The van der Waals surface area contributed by atoms with Gasteiger partial charge in [0.25, 0.3) is 0 Å².